The maximum Gasteiger partial charge on any atom is 0.186 e. The molecule has 17 heavy (non-hydrogen) atoms. The van der Waals surface area contributed by atoms with Crippen LogP contribution in [-0.2, 0) is 0 Å². The third kappa shape index (κ3) is 1.70. The van der Waals surface area contributed by atoms with E-state index in [0.717, 1.165) is 24.2 Å². The number of hydrogen-bond donors (Lipinski definition) is 0. The van der Waals surface area contributed by atoms with E-state index in [1.54, 1.807) is 4.68 Å². The molecular weight excluding hydrogens is 212 g/mol. The minimum atomic E-state index is 0.459. The summed E-state index contributed by atoms with van der Waals surface area (Å²) in [5.74, 6) is 0.459. The normalized spacial score (nSPS) is 14.6. The summed E-state index contributed by atoms with van der Waals surface area (Å²) >= 11 is 0. The van der Waals surface area contributed by atoms with Crippen LogP contribution >= 0.6 is 0 Å². The number of rotatable bonds is 2. The van der Waals surface area contributed by atoms with Crippen LogP contribution in [-0.4, -0.2) is 15.0 Å². The van der Waals surface area contributed by atoms with Crippen LogP contribution in [0, 0.1) is 18.3 Å². The lowest BCUT2D eigenvalue weighted by Gasteiger charge is -2.05. The van der Waals surface area contributed by atoms with Gasteiger partial charge in [0.2, 0.25) is 0 Å². The Bertz CT molecular complexity index is 585. The van der Waals surface area contributed by atoms with Gasteiger partial charge in [-0.25, -0.2) is 4.68 Å². The van der Waals surface area contributed by atoms with Crippen molar-refractivity contribution in [3.63, 3.8) is 0 Å². The Kier molecular flexibility index (Phi) is 2.19. The highest BCUT2D eigenvalue weighted by atomic mass is 15.4. The van der Waals surface area contributed by atoms with Crippen LogP contribution in [0.5, 0.6) is 0 Å². The second-order valence-electron chi connectivity index (χ2n) is 4.46. The fraction of sp³-hybridized carbons (Fsp3) is 0.308. The first-order valence-electron chi connectivity index (χ1n) is 5.72. The Morgan fingerprint density at radius 3 is 2.59 bits per heavy atom. The molecule has 1 fully saturated rings. The average molecular weight is 224 g/mol. The summed E-state index contributed by atoms with van der Waals surface area (Å²) in [5, 5.41) is 17.1. The number of hydrogen-bond acceptors (Lipinski definition) is 3. The van der Waals surface area contributed by atoms with Gasteiger partial charge in [0.15, 0.2) is 5.69 Å². The van der Waals surface area contributed by atoms with Crippen molar-refractivity contribution in [1.82, 2.24) is 15.0 Å². The second kappa shape index (κ2) is 3.70. The summed E-state index contributed by atoms with van der Waals surface area (Å²) in [5.41, 5.74) is 3.62. The van der Waals surface area contributed by atoms with Gasteiger partial charge in [-0.15, -0.1) is 5.10 Å². The summed E-state index contributed by atoms with van der Waals surface area (Å²) in [7, 11) is 0. The molecule has 84 valence electrons. The third-order valence-corrected chi connectivity index (χ3v) is 3.05. The van der Waals surface area contributed by atoms with E-state index in [1.165, 1.54) is 5.56 Å². The van der Waals surface area contributed by atoms with E-state index < -0.39 is 0 Å². The highest BCUT2D eigenvalue weighted by molar-refractivity contribution is 5.40. The molecule has 0 atom stereocenters. The number of aromatic nitrogens is 3. The first-order chi connectivity index (χ1) is 8.29. The number of benzene rings is 1. The van der Waals surface area contributed by atoms with Gasteiger partial charge in [-0.2, -0.15) is 5.26 Å². The standard InChI is InChI=1S/C13H12N4/c1-9-2-6-11(7-3-9)17-13(10-4-5-10)12(8-14)15-16-17/h2-3,6-7,10H,4-5H2,1H3. The van der Waals surface area contributed by atoms with E-state index in [4.69, 9.17) is 5.26 Å². The fourth-order valence-corrected chi connectivity index (χ4v) is 1.97. The lowest BCUT2D eigenvalue weighted by atomic mass is 10.2. The molecule has 0 radical (unpaired) electrons. The number of nitriles is 1. The number of aryl methyl sites for hydroxylation is 1. The molecule has 1 heterocycles. The van der Waals surface area contributed by atoms with Gasteiger partial charge in [0.1, 0.15) is 6.07 Å². The van der Waals surface area contributed by atoms with Crippen molar-refractivity contribution >= 4 is 0 Å². The maximum absolute atomic E-state index is 9.03. The van der Waals surface area contributed by atoms with Crippen LogP contribution in [0.15, 0.2) is 24.3 Å². The topological polar surface area (TPSA) is 54.5 Å². The second-order valence-corrected chi connectivity index (χ2v) is 4.46. The zero-order valence-corrected chi connectivity index (χ0v) is 9.59. The van der Waals surface area contributed by atoms with Gasteiger partial charge >= 0.3 is 0 Å². The van der Waals surface area contributed by atoms with E-state index in [0.29, 0.717) is 11.6 Å². The quantitative estimate of drug-likeness (QED) is 0.786. The molecule has 1 aromatic carbocycles. The van der Waals surface area contributed by atoms with Crippen molar-refractivity contribution in [3.05, 3.63) is 41.2 Å². The molecule has 4 heteroatoms. The largest absolute Gasteiger partial charge is 0.216 e. The van der Waals surface area contributed by atoms with Gasteiger partial charge in [-0.05, 0) is 31.9 Å². The molecule has 1 saturated carbocycles. The Morgan fingerprint density at radius 1 is 1.29 bits per heavy atom. The molecule has 2 aromatic rings. The summed E-state index contributed by atoms with van der Waals surface area (Å²) in [6.45, 7) is 2.05. The van der Waals surface area contributed by atoms with Gasteiger partial charge < -0.3 is 0 Å². The molecular formula is C13H12N4. The van der Waals surface area contributed by atoms with E-state index in [-0.39, 0.29) is 0 Å². The predicted octanol–water partition coefficient (Wildman–Crippen LogP) is 2.32. The maximum atomic E-state index is 9.03. The molecule has 1 aliphatic carbocycles. The van der Waals surface area contributed by atoms with E-state index in [9.17, 15) is 0 Å². The van der Waals surface area contributed by atoms with Crippen molar-refractivity contribution in [2.24, 2.45) is 0 Å². The van der Waals surface area contributed by atoms with Gasteiger partial charge in [0.05, 0.1) is 11.4 Å². The summed E-state index contributed by atoms with van der Waals surface area (Å²) in [6, 6.07) is 10.2. The predicted molar refractivity (Wildman–Crippen MR) is 62.8 cm³/mol. The first-order valence-corrected chi connectivity index (χ1v) is 5.72. The highest BCUT2D eigenvalue weighted by Crippen LogP contribution is 2.41. The molecule has 0 unspecified atom stereocenters. The zero-order chi connectivity index (χ0) is 11.8. The van der Waals surface area contributed by atoms with Gasteiger partial charge in [0.25, 0.3) is 0 Å². The van der Waals surface area contributed by atoms with Crippen LogP contribution < -0.4 is 0 Å². The van der Waals surface area contributed by atoms with Crippen LogP contribution in [0.3, 0.4) is 0 Å². The van der Waals surface area contributed by atoms with Crippen molar-refractivity contribution in [2.45, 2.75) is 25.7 Å². The van der Waals surface area contributed by atoms with Crippen LogP contribution in [0.1, 0.15) is 35.7 Å². The smallest absolute Gasteiger partial charge is 0.186 e. The van der Waals surface area contributed by atoms with Gasteiger partial charge in [-0.3, -0.25) is 0 Å². The first kappa shape index (κ1) is 10.0. The van der Waals surface area contributed by atoms with Crippen molar-refractivity contribution in [2.75, 3.05) is 0 Å². The molecule has 0 aliphatic heterocycles. The summed E-state index contributed by atoms with van der Waals surface area (Å²) < 4.78 is 1.80. The number of nitrogens with zero attached hydrogens (tertiary/aromatic N) is 4. The van der Waals surface area contributed by atoms with Crippen molar-refractivity contribution < 1.29 is 0 Å². The zero-order valence-electron chi connectivity index (χ0n) is 9.59. The fourth-order valence-electron chi connectivity index (χ4n) is 1.97. The monoisotopic (exact) mass is 224 g/mol. The minimum Gasteiger partial charge on any atom is -0.216 e. The Morgan fingerprint density at radius 2 is 2.00 bits per heavy atom. The Balaban J connectivity index is 2.11. The van der Waals surface area contributed by atoms with Crippen LogP contribution in [0.4, 0.5) is 0 Å². The van der Waals surface area contributed by atoms with Crippen LogP contribution in [0.25, 0.3) is 5.69 Å². The third-order valence-electron chi connectivity index (χ3n) is 3.05. The van der Waals surface area contributed by atoms with E-state index in [2.05, 4.69) is 16.4 Å². The average Bonchev–Trinajstić information content (AvgIpc) is 3.10. The molecule has 1 aliphatic rings. The Hall–Kier alpha value is -2.15. The molecule has 0 amide bonds. The van der Waals surface area contributed by atoms with E-state index in [1.807, 2.05) is 31.2 Å². The molecule has 0 saturated heterocycles. The molecule has 0 bridgehead atoms. The van der Waals surface area contributed by atoms with E-state index >= 15 is 0 Å². The van der Waals surface area contributed by atoms with Gasteiger partial charge in [0, 0.05) is 5.92 Å². The summed E-state index contributed by atoms with van der Waals surface area (Å²) in [4.78, 5) is 0. The molecule has 4 nitrogen and oxygen atoms in total. The molecule has 1 aromatic heterocycles. The lowest BCUT2D eigenvalue weighted by molar-refractivity contribution is 0.763. The highest BCUT2D eigenvalue weighted by Gasteiger charge is 2.31. The van der Waals surface area contributed by atoms with Crippen molar-refractivity contribution in [1.29, 1.82) is 5.26 Å². The molecule has 0 N–H and O–H groups in total. The minimum absolute atomic E-state index is 0.459. The van der Waals surface area contributed by atoms with Crippen LogP contribution in [0.2, 0.25) is 0 Å². The lowest BCUT2D eigenvalue weighted by Crippen LogP contribution is -2.01. The SMILES string of the molecule is Cc1ccc(-n2nnc(C#N)c2C2CC2)cc1. The molecule has 3 rings (SSSR count). The Labute approximate surface area is 99.5 Å². The summed E-state index contributed by atoms with van der Waals surface area (Å²) in [6.07, 6.45) is 2.27. The van der Waals surface area contributed by atoms with Crippen molar-refractivity contribution in [3.8, 4) is 11.8 Å². The van der Waals surface area contributed by atoms with Gasteiger partial charge in [-0.1, -0.05) is 22.9 Å². The molecule has 0 spiro atoms.